The lowest BCUT2D eigenvalue weighted by Crippen LogP contribution is -2.49. The normalized spacial score (nSPS) is 18.0. The Morgan fingerprint density at radius 3 is 2.41 bits per heavy atom. The van der Waals surface area contributed by atoms with Crippen molar-refractivity contribution in [3.63, 3.8) is 0 Å². The van der Waals surface area contributed by atoms with Crippen molar-refractivity contribution in [1.82, 2.24) is 5.32 Å². The number of carbonyl (C=O) groups excluding carboxylic acids is 1. The van der Waals surface area contributed by atoms with Crippen molar-refractivity contribution in [3.8, 4) is 0 Å². The smallest absolute Gasteiger partial charge is 0.251 e. The molecule has 0 unspecified atom stereocenters. The van der Waals surface area contributed by atoms with E-state index in [0.29, 0.717) is 5.56 Å². The van der Waals surface area contributed by atoms with Crippen molar-refractivity contribution in [3.05, 3.63) is 35.6 Å². The zero-order chi connectivity index (χ0) is 12.3. The molecular formula is C13H16FNO2. The number of benzene rings is 1. The molecule has 4 heteroatoms. The van der Waals surface area contributed by atoms with Crippen LogP contribution >= 0.6 is 0 Å². The Balaban J connectivity index is 2.08. The van der Waals surface area contributed by atoms with Crippen LogP contribution in [0.1, 0.15) is 36.0 Å². The Bertz CT molecular complexity index is 396. The molecule has 2 N–H and O–H groups in total. The number of aliphatic hydroxyl groups excluding tert-OH is 1. The lowest BCUT2D eigenvalue weighted by Gasteiger charge is -2.27. The van der Waals surface area contributed by atoms with Gasteiger partial charge in [0.1, 0.15) is 5.82 Å². The summed E-state index contributed by atoms with van der Waals surface area (Å²) in [5.41, 5.74) is -0.0583. The van der Waals surface area contributed by atoms with Crippen LogP contribution in [0.4, 0.5) is 4.39 Å². The van der Waals surface area contributed by atoms with Crippen LogP contribution in [0.3, 0.4) is 0 Å². The predicted molar refractivity (Wildman–Crippen MR) is 62.2 cm³/mol. The van der Waals surface area contributed by atoms with Crippen molar-refractivity contribution < 1.29 is 14.3 Å². The average Bonchev–Trinajstić information content (AvgIpc) is 2.79. The summed E-state index contributed by atoms with van der Waals surface area (Å²) in [6.07, 6.45) is 3.64. The highest BCUT2D eigenvalue weighted by Crippen LogP contribution is 2.29. The van der Waals surface area contributed by atoms with Crippen LogP contribution in [0.5, 0.6) is 0 Å². The molecule has 0 heterocycles. The third-order valence-electron chi connectivity index (χ3n) is 3.35. The van der Waals surface area contributed by atoms with Crippen LogP contribution < -0.4 is 5.32 Å². The fraction of sp³-hybridized carbons (Fsp3) is 0.462. The second kappa shape index (κ2) is 4.84. The molecule has 1 aromatic carbocycles. The van der Waals surface area contributed by atoms with Crippen molar-refractivity contribution in [1.29, 1.82) is 0 Å². The number of nitrogens with one attached hydrogen (secondary N) is 1. The summed E-state index contributed by atoms with van der Waals surface area (Å²) in [7, 11) is 0. The lowest BCUT2D eigenvalue weighted by atomic mass is 9.98. The molecule has 1 aromatic rings. The first-order chi connectivity index (χ1) is 8.15. The molecule has 2 rings (SSSR count). The molecule has 1 aliphatic carbocycles. The molecule has 0 bridgehead atoms. The predicted octanol–water partition coefficient (Wildman–Crippen LogP) is 1.86. The molecule has 0 aromatic heterocycles. The molecule has 1 aliphatic rings. The monoisotopic (exact) mass is 237 g/mol. The zero-order valence-electron chi connectivity index (χ0n) is 9.58. The second-order valence-electron chi connectivity index (χ2n) is 4.61. The van der Waals surface area contributed by atoms with Gasteiger partial charge in [0.15, 0.2) is 0 Å². The molecule has 3 nitrogen and oxygen atoms in total. The Morgan fingerprint density at radius 2 is 1.88 bits per heavy atom. The van der Waals surface area contributed by atoms with Crippen molar-refractivity contribution >= 4 is 5.91 Å². The Labute approximate surface area is 99.7 Å². The molecule has 1 amide bonds. The van der Waals surface area contributed by atoms with Gasteiger partial charge < -0.3 is 10.4 Å². The van der Waals surface area contributed by atoms with Crippen molar-refractivity contribution in [2.75, 3.05) is 6.61 Å². The first kappa shape index (κ1) is 12.0. The number of amides is 1. The first-order valence-electron chi connectivity index (χ1n) is 5.84. The highest BCUT2D eigenvalue weighted by atomic mass is 19.1. The van der Waals surface area contributed by atoms with E-state index in [0.717, 1.165) is 25.7 Å². The lowest BCUT2D eigenvalue weighted by molar-refractivity contribution is 0.0838. The van der Waals surface area contributed by atoms with E-state index < -0.39 is 5.54 Å². The number of rotatable bonds is 3. The Morgan fingerprint density at radius 1 is 1.29 bits per heavy atom. The molecule has 0 spiro atoms. The minimum atomic E-state index is -0.481. The standard InChI is InChI=1S/C13H16FNO2/c14-11-5-3-10(4-6-11)12(17)15-13(9-16)7-1-2-8-13/h3-6,16H,1-2,7-9H2,(H,15,17). The van der Waals surface area contributed by atoms with Gasteiger partial charge in [-0.05, 0) is 37.1 Å². The molecule has 92 valence electrons. The largest absolute Gasteiger partial charge is 0.394 e. The summed E-state index contributed by atoms with van der Waals surface area (Å²) in [6.45, 7) is -0.0417. The van der Waals surface area contributed by atoms with Crippen LogP contribution in [0.15, 0.2) is 24.3 Å². The number of hydrogen-bond donors (Lipinski definition) is 2. The quantitative estimate of drug-likeness (QED) is 0.843. The van der Waals surface area contributed by atoms with Crippen LogP contribution in [-0.4, -0.2) is 23.2 Å². The Kier molecular flexibility index (Phi) is 3.43. The number of aliphatic hydroxyl groups is 1. The van der Waals surface area contributed by atoms with Crippen LogP contribution in [-0.2, 0) is 0 Å². The second-order valence-corrected chi connectivity index (χ2v) is 4.61. The van der Waals surface area contributed by atoms with Crippen molar-refractivity contribution in [2.45, 2.75) is 31.2 Å². The van der Waals surface area contributed by atoms with Gasteiger partial charge in [-0.1, -0.05) is 12.8 Å². The maximum absolute atomic E-state index is 12.7. The number of carbonyl (C=O) groups is 1. The van der Waals surface area contributed by atoms with Gasteiger partial charge in [0, 0.05) is 5.56 Å². The summed E-state index contributed by atoms with van der Waals surface area (Å²) in [5.74, 6) is -0.611. The summed E-state index contributed by atoms with van der Waals surface area (Å²) < 4.78 is 12.7. The summed E-state index contributed by atoms with van der Waals surface area (Å²) in [5, 5.41) is 12.2. The molecule has 1 saturated carbocycles. The molecule has 1 fully saturated rings. The summed E-state index contributed by atoms with van der Waals surface area (Å²) >= 11 is 0. The minimum absolute atomic E-state index is 0.0417. The van der Waals surface area contributed by atoms with E-state index in [9.17, 15) is 14.3 Å². The molecule has 0 aliphatic heterocycles. The Hall–Kier alpha value is -1.42. The van der Waals surface area contributed by atoms with Crippen LogP contribution in [0.25, 0.3) is 0 Å². The molecule has 17 heavy (non-hydrogen) atoms. The number of halogens is 1. The summed E-state index contributed by atoms with van der Waals surface area (Å²) in [6, 6.07) is 5.42. The van der Waals surface area contributed by atoms with E-state index in [1.54, 1.807) is 0 Å². The maximum atomic E-state index is 12.7. The molecule has 0 atom stereocenters. The SMILES string of the molecule is O=C(NC1(CO)CCCC1)c1ccc(F)cc1. The van der Waals surface area contributed by atoms with Crippen LogP contribution in [0.2, 0.25) is 0 Å². The van der Waals surface area contributed by atoms with Gasteiger partial charge >= 0.3 is 0 Å². The van der Waals surface area contributed by atoms with E-state index in [-0.39, 0.29) is 18.3 Å². The van der Waals surface area contributed by atoms with E-state index in [1.165, 1.54) is 24.3 Å². The van der Waals surface area contributed by atoms with E-state index in [2.05, 4.69) is 5.32 Å². The third-order valence-corrected chi connectivity index (χ3v) is 3.35. The van der Waals surface area contributed by atoms with Crippen molar-refractivity contribution in [2.24, 2.45) is 0 Å². The molecule has 0 saturated heterocycles. The highest BCUT2D eigenvalue weighted by Gasteiger charge is 2.34. The maximum Gasteiger partial charge on any atom is 0.251 e. The fourth-order valence-electron chi connectivity index (χ4n) is 2.29. The van der Waals surface area contributed by atoms with Gasteiger partial charge in [0.2, 0.25) is 0 Å². The van der Waals surface area contributed by atoms with E-state index in [4.69, 9.17) is 0 Å². The van der Waals surface area contributed by atoms with E-state index in [1.807, 2.05) is 0 Å². The molecule has 0 radical (unpaired) electrons. The third kappa shape index (κ3) is 2.64. The first-order valence-corrected chi connectivity index (χ1v) is 5.84. The van der Waals surface area contributed by atoms with E-state index >= 15 is 0 Å². The van der Waals surface area contributed by atoms with Gasteiger partial charge in [0.05, 0.1) is 12.1 Å². The van der Waals surface area contributed by atoms with Gasteiger partial charge in [-0.3, -0.25) is 4.79 Å². The van der Waals surface area contributed by atoms with Gasteiger partial charge in [-0.15, -0.1) is 0 Å². The molecular weight excluding hydrogens is 221 g/mol. The van der Waals surface area contributed by atoms with Gasteiger partial charge in [0.25, 0.3) is 5.91 Å². The van der Waals surface area contributed by atoms with Gasteiger partial charge in [-0.2, -0.15) is 0 Å². The highest BCUT2D eigenvalue weighted by molar-refractivity contribution is 5.94. The zero-order valence-corrected chi connectivity index (χ0v) is 9.58. The summed E-state index contributed by atoms with van der Waals surface area (Å²) in [4.78, 5) is 11.9. The minimum Gasteiger partial charge on any atom is -0.394 e. The van der Waals surface area contributed by atoms with Gasteiger partial charge in [-0.25, -0.2) is 4.39 Å². The average molecular weight is 237 g/mol. The topological polar surface area (TPSA) is 49.3 Å². The number of hydrogen-bond acceptors (Lipinski definition) is 2. The fourth-order valence-corrected chi connectivity index (χ4v) is 2.29. The van der Waals surface area contributed by atoms with Crippen LogP contribution in [0, 0.1) is 5.82 Å².